The van der Waals surface area contributed by atoms with Gasteiger partial charge in [-0.1, -0.05) is 127 Å². The highest BCUT2D eigenvalue weighted by molar-refractivity contribution is 6.18. The molecule has 0 saturated heterocycles. The van der Waals surface area contributed by atoms with Crippen LogP contribution >= 0.6 is 0 Å². The Labute approximate surface area is 796 Å². The normalized spacial score (nSPS) is 13.5. The molecule has 648 valence electrons. The van der Waals surface area contributed by atoms with Gasteiger partial charge in [-0.05, 0) is 336 Å². The smallest absolute Gasteiger partial charge is 0.165 e. The molecule has 0 radical (unpaired) electrons. The number of nitrogens with zero attached hydrogens (tertiary/aromatic N) is 16. The highest BCUT2D eigenvalue weighted by Crippen LogP contribution is 2.54. The minimum atomic E-state index is 0.900. The van der Waals surface area contributed by atoms with E-state index in [9.17, 15) is 0 Å². The number of rotatable bonds is 0. The van der Waals surface area contributed by atoms with Gasteiger partial charge in [0.25, 0.3) is 0 Å². The summed E-state index contributed by atoms with van der Waals surface area (Å²) in [6.45, 7) is 0. The maximum Gasteiger partial charge on any atom is 0.165 e. The number of benzene rings is 12. The summed E-state index contributed by atoms with van der Waals surface area (Å²) in [6.07, 6.45) is 34.3. The minimum absolute atomic E-state index is 0.900. The summed E-state index contributed by atoms with van der Waals surface area (Å²) >= 11 is 0. The zero-order valence-corrected chi connectivity index (χ0v) is 75.1. The summed E-state index contributed by atoms with van der Waals surface area (Å²) in [5, 5.41) is 11.2. The summed E-state index contributed by atoms with van der Waals surface area (Å²) in [5.74, 6) is 0. The molecule has 16 aromatic heterocycles. The van der Waals surface area contributed by atoms with E-state index in [1.54, 1.807) is 0 Å². The number of hydrogen-bond acceptors (Lipinski definition) is 12. The second-order valence-electron chi connectivity index (χ2n) is 38.8. The van der Waals surface area contributed by atoms with Crippen molar-refractivity contribution in [1.29, 1.82) is 0 Å². The summed E-state index contributed by atoms with van der Waals surface area (Å²) in [4.78, 5) is 56.7. The first-order valence-electron chi connectivity index (χ1n) is 48.1. The molecule has 0 atom stereocenters. The van der Waals surface area contributed by atoms with Crippen LogP contribution in [0.1, 0.15) is 89.0 Å². The average molecular weight is 1790 g/mol. The number of imidazole rings is 4. The van der Waals surface area contributed by atoms with Crippen molar-refractivity contribution in [2.24, 2.45) is 0 Å². The van der Waals surface area contributed by atoms with Gasteiger partial charge < -0.3 is 0 Å². The van der Waals surface area contributed by atoms with Crippen molar-refractivity contribution in [3.8, 4) is 89.0 Å². The molecule has 16 nitrogen and oxygen atoms in total. The molecule has 0 N–H and O–H groups in total. The predicted molar refractivity (Wildman–Crippen MR) is 559 cm³/mol. The van der Waals surface area contributed by atoms with Crippen molar-refractivity contribution >= 4 is 154 Å². The molecule has 16 heterocycles. The topological polar surface area (TPSA) is 172 Å². The van der Waals surface area contributed by atoms with Crippen LogP contribution in [0.25, 0.3) is 243 Å². The maximum atomic E-state index is 5.13. The highest BCUT2D eigenvalue weighted by Gasteiger charge is 2.36. The van der Waals surface area contributed by atoms with Crippen LogP contribution in [0.5, 0.6) is 0 Å². The maximum absolute atomic E-state index is 5.13. The molecule has 36 rings (SSSR count). The first-order valence-corrected chi connectivity index (χ1v) is 48.1. The average Bonchev–Trinajstić information content (AvgIpc) is 1.55. The Balaban J connectivity index is 0.0000000829. The molecular weight excluding hydrogens is 1710 g/mol. The van der Waals surface area contributed by atoms with E-state index in [-0.39, 0.29) is 0 Å². The Hall–Kier alpha value is -18.3. The van der Waals surface area contributed by atoms with Crippen LogP contribution in [0.15, 0.2) is 342 Å². The van der Waals surface area contributed by atoms with Crippen molar-refractivity contribution in [3.05, 3.63) is 431 Å². The van der Waals surface area contributed by atoms with E-state index in [0.717, 1.165) is 178 Å². The van der Waals surface area contributed by atoms with Gasteiger partial charge in [0.2, 0.25) is 0 Å². The molecule has 0 aliphatic heterocycles. The number of pyridine rings is 12. The van der Waals surface area contributed by atoms with Crippen LogP contribution in [0.4, 0.5) is 0 Å². The highest BCUT2D eigenvalue weighted by atomic mass is 15.1. The molecule has 16 heteroatoms. The van der Waals surface area contributed by atoms with Crippen molar-refractivity contribution in [1.82, 2.24) is 77.4 Å². The molecule has 0 saturated carbocycles. The third-order valence-corrected chi connectivity index (χ3v) is 31.9. The van der Waals surface area contributed by atoms with Gasteiger partial charge in [-0.3, -0.25) is 57.5 Å². The Kier molecular flexibility index (Phi) is 14.9. The molecular formula is C124H72N16. The van der Waals surface area contributed by atoms with E-state index in [2.05, 4.69) is 290 Å². The van der Waals surface area contributed by atoms with E-state index >= 15 is 0 Å². The Morgan fingerprint density at radius 1 is 0.171 bits per heavy atom. The van der Waals surface area contributed by atoms with Gasteiger partial charge in [0.05, 0.1) is 96.5 Å². The molecule has 0 bridgehead atoms. The molecule has 0 amide bonds. The zero-order chi connectivity index (χ0) is 90.7. The fourth-order valence-corrected chi connectivity index (χ4v) is 25.9. The largest absolute Gasteiger partial charge is 0.290 e. The lowest BCUT2D eigenvalue weighted by atomic mass is 9.98. The molecule has 0 fully saturated rings. The van der Waals surface area contributed by atoms with Gasteiger partial charge >= 0.3 is 0 Å². The van der Waals surface area contributed by atoms with Gasteiger partial charge in [0, 0.05) is 136 Å². The third kappa shape index (κ3) is 10.3. The van der Waals surface area contributed by atoms with Crippen molar-refractivity contribution in [3.63, 3.8) is 0 Å². The van der Waals surface area contributed by atoms with Gasteiger partial charge in [0.15, 0.2) is 5.65 Å². The lowest BCUT2D eigenvalue weighted by Gasteiger charge is -2.09. The third-order valence-electron chi connectivity index (χ3n) is 31.9. The van der Waals surface area contributed by atoms with Crippen LogP contribution in [-0.2, 0) is 51.4 Å². The summed E-state index contributed by atoms with van der Waals surface area (Å²) in [5.41, 5.74) is 63.3. The summed E-state index contributed by atoms with van der Waals surface area (Å²) < 4.78 is 9.25. The molecule has 28 aromatic rings. The quantitative estimate of drug-likeness (QED) is 0.132. The van der Waals surface area contributed by atoms with Gasteiger partial charge in [0.1, 0.15) is 22.5 Å². The first kappa shape index (κ1) is 75.1. The van der Waals surface area contributed by atoms with E-state index in [0.29, 0.717) is 0 Å². The van der Waals surface area contributed by atoms with E-state index in [1.165, 1.54) is 205 Å². The van der Waals surface area contributed by atoms with Crippen LogP contribution in [0.3, 0.4) is 0 Å². The van der Waals surface area contributed by atoms with Gasteiger partial charge in [-0.15, -0.1) is 0 Å². The zero-order valence-electron chi connectivity index (χ0n) is 75.1. The second-order valence-corrected chi connectivity index (χ2v) is 38.8. The Morgan fingerprint density at radius 3 is 0.864 bits per heavy atom. The predicted octanol–water partition coefficient (Wildman–Crippen LogP) is 26.9. The first-order chi connectivity index (χ1) is 69.4. The van der Waals surface area contributed by atoms with E-state index in [1.807, 2.05) is 98.9 Å². The standard InChI is InChI=1S/4C31H18N4/c1-2-5-20-17(4-1)12-18-13-25-19(14-24(18)20)15-26-21(25)7-8-27-30(26)35-28-16-32-11-9-22(28)29-23(31(35)34-27)6-3-10-33-29;1-2-5-20-17(4-1)12-18-13-25-19(14-24(18)20)15-26-21(25)7-8-27-30(26)35-28-16-32-11-9-22(28)23-6-3-10-33-29(23)31(35)34-27;1-2-4-20-17(3-1)11-18-12-25-19(13-24(18)20)14-26-21(25)5-6-28-30(26)35-29-16-33-9-7-22(29)27-15-32-10-8-23(27)31(35)34-28;1-2-4-20-17(3-1)11-18-12-25-19(13-24(18)20)14-26-21(25)5-6-28-30(26)35-29-16-33-10-8-23(29)22-7-9-32-15-27(22)31(35)34-28/h2*1-11,13-14,16H,12,15H2;2*1-10,12-13,15-16H,11,14H2. The van der Waals surface area contributed by atoms with Crippen molar-refractivity contribution in [2.45, 2.75) is 51.4 Å². The number of aromatic nitrogens is 16. The van der Waals surface area contributed by atoms with Crippen molar-refractivity contribution in [2.75, 3.05) is 0 Å². The molecule has 0 unspecified atom stereocenters. The lowest BCUT2D eigenvalue weighted by Crippen LogP contribution is -1.95. The van der Waals surface area contributed by atoms with E-state index in [4.69, 9.17) is 29.9 Å². The van der Waals surface area contributed by atoms with Crippen LogP contribution < -0.4 is 0 Å². The molecule has 8 aliphatic rings. The van der Waals surface area contributed by atoms with Crippen LogP contribution in [0.2, 0.25) is 0 Å². The molecule has 140 heavy (non-hydrogen) atoms. The Morgan fingerprint density at radius 2 is 0.457 bits per heavy atom. The number of hydrogen-bond donors (Lipinski definition) is 0. The van der Waals surface area contributed by atoms with Gasteiger partial charge in [-0.2, -0.15) is 0 Å². The van der Waals surface area contributed by atoms with Crippen molar-refractivity contribution < 1.29 is 0 Å². The molecule has 12 aromatic carbocycles. The fraction of sp³-hybridized carbons (Fsp3) is 0.0645. The van der Waals surface area contributed by atoms with Crippen LogP contribution in [0, 0.1) is 0 Å². The number of fused-ring (bicyclic) bond motifs is 60. The Bertz CT molecular complexity index is 9460. The minimum Gasteiger partial charge on any atom is -0.290 e. The fourth-order valence-electron chi connectivity index (χ4n) is 25.9. The second kappa shape index (κ2) is 27.7. The summed E-state index contributed by atoms with van der Waals surface area (Å²) in [6, 6.07) is 93.3. The summed E-state index contributed by atoms with van der Waals surface area (Å²) in [7, 11) is 0. The molecule has 8 aliphatic carbocycles. The monoisotopic (exact) mass is 1780 g/mol. The van der Waals surface area contributed by atoms with E-state index < -0.39 is 0 Å². The lowest BCUT2D eigenvalue weighted by molar-refractivity contribution is 1.22. The van der Waals surface area contributed by atoms with Gasteiger partial charge in [-0.25, -0.2) is 19.9 Å². The molecule has 0 spiro atoms. The SMILES string of the molecule is c1ccc2c(c1)Cc1cc3c(cc1-2)Cc1c-3ccc2nc3c4cccnc4c4ccncc4n3c12.c1ccc2c(c1)Cc1cc3c(cc1-2)Cc1c-3ccc2nc3c4ccncc4c4ccncc4n3c12.c1ccc2c(c1)Cc1cc3c(cc1-2)Cc1c-3ccc2nc3c4cnccc4c4ccncc4n3c12.c1ccc2c(c1)Cc1cc3c(cc1-2)Cc1c-3ccc2nc3c4ncccc4c4ccncc4n3c12. The van der Waals surface area contributed by atoms with Crippen LogP contribution in [-0.4, -0.2) is 77.4 Å².